The van der Waals surface area contributed by atoms with E-state index in [2.05, 4.69) is 4.98 Å². The van der Waals surface area contributed by atoms with Gasteiger partial charge in [0, 0.05) is 19.4 Å². The molecule has 1 aromatic heterocycles. The first-order chi connectivity index (χ1) is 9.51. The second kappa shape index (κ2) is 7.89. The Balaban J connectivity index is 3.07. The largest absolute Gasteiger partial charge is 0.342 e. The highest BCUT2D eigenvalue weighted by atomic mass is 31.2. The zero-order chi connectivity index (χ0) is 15.1. The molecule has 0 amide bonds. The van der Waals surface area contributed by atoms with Crippen LogP contribution in [0.1, 0.15) is 33.4 Å². The predicted octanol–water partition coefficient (Wildman–Crippen LogP) is 3.64. The van der Waals surface area contributed by atoms with Gasteiger partial charge in [0.2, 0.25) is 5.53 Å². The van der Waals surface area contributed by atoms with Gasteiger partial charge in [-0.1, -0.05) is 6.07 Å². The summed E-state index contributed by atoms with van der Waals surface area (Å²) in [7, 11) is -3.20. The molecule has 0 aromatic carbocycles. The van der Waals surface area contributed by atoms with E-state index < -0.39 is 12.9 Å². The van der Waals surface area contributed by atoms with Gasteiger partial charge in [0.25, 0.3) is 7.37 Å². The fourth-order valence-corrected chi connectivity index (χ4v) is 4.29. The average Bonchev–Trinajstić information content (AvgIpc) is 2.40. The fraction of sp³-hybridized carbons (Fsp3) is 0.643. The standard InChI is InChI=1S/C14H24NO4P/c1-5-17-14(4,18-6-2)20(16,19-7-3)12-13-10-8-9-11-15-13/h8-11H,5-7,12H2,1-4H3. The summed E-state index contributed by atoms with van der Waals surface area (Å²) in [6.45, 7) is 8.30. The minimum atomic E-state index is -3.20. The molecule has 114 valence electrons. The van der Waals surface area contributed by atoms with Gasteiger partial charge in [-0.15, -0.1) is 0 Å². The van der Waals surface area contributed by atoms with E-state index in [1.807, 2.05) is 39.0 Å². The van der Waals surface area contributed by atoms with Gasteiger partial charge in [0.05, 0.1) is 18.5 Å². The lowest BCUT2D eigenvalue weighted by atomic mass is 10.4. The van der Waals surface area contributed by atoms with E-state index in [1.165, 1.54) is 0 Å². The Morgan fingerprint density at radius 2 is 1.80 bits per heavy atom. The van der Waals surface area contributed by atoms with Crippen molar-refractivity contribution in [3.8, 4) is 0 Å². The Labute approximate surface area is 121 Å². The van der Waals surface area contributed by atoms with Crippen LogP contribution in [0.5, 0.6) is 0 Å². The van der Waals surface area contributed by atoms with Crippen LogP contribution >= 0.6 is 7.37 Å². The summed E-state index contributed by atoms with van der Waals surface area (Å²) < 4.78 is 30.1. The summed E-state index contributed by atoms with van der Waals surface area (Å²) in [4.78, 5) is 4.22. The third-order valence-corrected chi connectivity index (χ3v) is 5.79. The molecule has 1 unspecified atom stereocenters. The molecule has 0 spiro atoms. The third kappa shape index (κ3) is 4.13. The molecule has 6 heteroatoms. The van der Waals surface area contributed by atoms with Crippen LogP contribution in [0.3, 0.4) is 0 Å². The minimum absolute atomic E-state index is 0.193. The molecule has 1 heterocycles. The van der Waals surface area contributed by atoms with Gasteiger partial charge in [0.15, 0.2) is 0 Å². The molecule has 5 nitrogen and oxygen atoms in total. The van der Waals surface area contributed by atoms with E-state index in [9.17, 15) is 4.57 Å². The number of nitrogens with zero attached hydrogens (tertiary/aromatic N) is 1. The third-order valence-electron chi connectivity index (χ3n) is 2.88. The Bertz CT molecular complexity index is 432. The molecule has 0 saturated heterocycles. The quantitative estimate of drug-likeness (QED) is 0.515. The predicted molar refractivity (Wildman–Crippen MR) is 78.8 cm³/mol. The van der Waals surface area contributed by atoms with Crippen molar-refractivity contribution < 1.29 is 18.6 Å². The second-order valence-corrected chi connectivity index (χ2v) is 7.07. The summed E-state index contributed by atoms with van der Waals surface area (Å²) in [6, 6.07) is 5.50. The average molecular weight is 301 g/mol. The zero-order valence-electron chi connectivity index (χ0n) is 12.7. The topological polar surface area (TPSA) is 57.7 Å². The molecule has 0 aliphatic rings. The molecule has 0 fully saturated rings. The first-order valence-electron chi connectivity index (χ1n) is 6.92. The smallest absolute Gasteiger partial charge is 0.266 e. The number of hydrogen-bond acceptors (Lipinski definition) is 5. The van der Waals surface area contributed by atoms with Gasteiger partial charge in [-0.3, -0.25) is 9.55 Å². The summed E-state index contributed by atoms with van der Waals surface area (Å²) in [5.74, 6) is 0. The van der Waals surface area contributed by atoms with Crippen molar-refractivity contribution in [1.29, 1.82) is 0 Å². The van der Waals surface area contributed by atoms with Gasteiger partial charge in [-0.05, 0) is 39.8 Å². The number of rotatable bonds is 9. The minimum Gasteiger partial charge on any atom is -0.342 e. The Hall–Kier alpha value is -0.740. The maximum atomic E-state index is 13.3. The maximum Gasteiger partial charge on any atom is 0.266 e. The van der Waals surface area contributed by atoms with Crippen LogP contribution in [0.25, 0.3) is 0 Å². The number of pyridine rings is 1. The van der Waals surface area contributed by atoms with E-state index in [4.69, 9.17) is 14.0 Å². The van der Waals surface area contributed by atoms with Crippen LogP contribution in [-0.2, 0) is 24.7 Å². The molecule has 0 saturated carbocycles. The Morgan fingerprint density at radius 1 is 1.15 bits per heavy atom. The molecule has 1 atom stereocenters. The van der Waals surface area contributed by atoms with Gasteiger partial charge >= 0.3 is 0 Å². The highest BCUT2D eigenvalue weighted by molar-refractivity contribution is 7.59. The highest BCUT2D eigenvalue weighted by Crippen LogP contribution is 2.62. The molecule has 1 aromatic rings. The van der Waals surface area contributed by atoms with Crippen LogP contribution in [0.2, 0.25) is 0 Å². The highest BCUT2D eigenvalue weighted by Gasteiger charge is 2.48. The van der Waals surface area contributed by atoms with Crippen molar-refractivity contribution in [1.82, 2.24) is 4.98 Å². The van der Waals surface area contributed by atoms with Crippen LogP contribution < -0.4 is 0 Å². The van der Waals surface area contributed by atoms with Crippen molar-refractivity contribution in [2.24, 2.45) is 0 Å². The first kappa shape index (κ1) is 17.3. The lowest BCUT2D eigenvalue weighted by Gasteiger charge is -2.35. The van der Waals surface area contributed by atoms with E-state index >= 15 is 0 Å². The van der Waals surface area contributed by atoms with Gasteiger partial charge in [-0.25, -0.2) is 0 Å². The molecule has 0 aliphatic carbocycles. The summed E-state index contributed by atoms with van der Waals surface area (Å²) in [6.07, 6.45) is 1.86. The zero-order valence-corrected chi connectivity index (χ0v) is 13.6. The number of ether oxygens (including phenoxy) is 2. The fourth-order valence-electron chi connectivity index (χ4n) is 1.99. The van der Waals surface area contributed by atoms with Crippen molar-refractivity contribution in [3.63, 3.8) is 0 Å². The molecule has 0 N–H and O–H groups in total. The second-order valence-electron chi connectivity index (χ2n) is 4.33. The summed E-state index contributed by atoms with van der Waals surface area (Å²) in [5.41, 5.74) is -0.542. The van der Waals surface area contributed by atoms with Crippen LogP contribution in [0.4, 0.5) is 0 Å². The molecular formula is C14H24NO4P. The van der Waals surface area contributed by atoms with E-state index in [1.54, 1.807) is 13.1 Å². The van der Waals surface area contributed by atoms with Crippen molar-refractivity contribution in [3.05, 3.63) is 30.1 Å². The Kier molecular flexibility index (Phi) is 6.83. The van der Waals surface area contributed by atoms with Crippen LogP contribution in [-0.4, -0.2) is 30.3 Å². The summed E-state index contributed by atoms with van der Waals surface area (Å²) >= 11 is 0. The van der Waals surface area contributed by atoms with Crippen molar-refractivity contribution in [2.75, 3.05) is 19.8 Å². The van der Waals surface area contributed by atoms with Crippen LogP contribution in [0.15, 0.2) is 24.4 Å². The maximum absolute atomic E-state index is 13.3. The molecule has 0 aliphatic heterocycles. The SMILES string of the molecule is CCOC(C)(OCC)P(=O)(Cc1ccccn1)OCC. The lowest BCUT2D eigenvalue weighted by molar-refractivity contribution is -0.168. The van der Waals surface area contributed by atoms with Gasteiger partial charge in [0.1, 0.15) is 0 Å². The normalized spacial score (nSPS) is 15.0. The van der Waals surface area contributed by atoms with Crippen LogP contribution in [0, 0.1) is 0 Å². The summed E-state index contributed by atoms with van der Waals surface area (Å²) in [5, 5.41) is 0. The monoisotopic (exact) mass is 301 g/mol. The lowest BCUT2D eigenvalue weighted by Crippen LogP contribution is -2.34. The molecule has 0 bridgehead atoms. The number of aromatic nitrogens is 1. The Morgan fingerprint density at radius 3 is 2.25 bits per heavy atom. The first-order valence-corrected chi connectivity index (χ1v) is 8.73. The van der Waals surface area contributed by atoms with Crippen molar-refractivity contribution >= 4 is 7.37 Å². The van der Waals surface area contributed by atoms with E-state index in [0.29, 0.717) is 25.5 Å². The molecular weight excluding hydrogens is 277 g/mol. The van der Waals surface area contributed by atoms with Crippen molar-refractivity contribution in [2.45, 2.75) is 39.4 Å². The van der Waals surface area contributed by atoms with E-state index in [-0.39, 0.29) is 6.16 Å². The number of hydrogen-bond donors (Lipinski definition) is 0. The van der Waals surface area contributed by atoms with Gasteiger partial charge in [-0.2, -0.15) is 0 Å². The molecule has 0 radical (unpaired) electrons. The molecule has 1 rings (SSSR count). The molecule has 20 heavy (non-hydrogen) atoms. The van der Waals surface area contributed by atoms with E-state index in [0.717, 1.165) is 0 Å². The van der Waals surface area contributed by atoms with Gasteiger partial charge < -0.3 is 14.0 Å².